The molecule has 5 rings (SSSR count). The maximum atomic E-state index is 14.1. The predicted molar refractivity (Wildman–Crippen MR) is 124 cm³/mol. The van der Waals surface area contributed by atoms with Gasteiger partial charge in [-0.2, -0.15) is 0 Å². The van der Waals surface area contributed by atoms with Gasteiger partial charge in [-0.25, -0.2) is 9.59 Å². The second-order valence-corrected chi connectivity index (χ2v) is 11.7. The third kappa shape index (κ3) is 3.05. The van der Waals surface area contributed by atoms with E-state index in [1.54, 1.807) is 13.2 Å². The summed E-state index contributed by atoms with van der Waals surface area (Å²) in [7, 11) is 3.19. The molecule has 3 fully saturated rings. The fourth-order valence-electron chi connectivity index (χ4n) is 8.85. The van der Waals surface area contributed by atoms with Crippen LogP contribution < -0.4 is 0 Å². The molecule has 8 nitrogen and oxygen atoms in total. The molecule has 0 spiro atoms. The molecule has 0 aromatic rings. The van der Waals surface area contributed by atoms with E-state index in [0.717, 1.165) is 11.1 Å². The van der Waals surface area contributed by atoms with Crippen LogP contribution in [0, 0.1) is 34.0 Å². The monoisotopic (exact) mass is 488 g/mol. The summed E-state index contributed by atoms with van der Waals surface area (Å²) in [5.41, 5.74) is -0.648. The lowest BCUT2D eigenvalue weighted by Crippen LogP contribution is -2.72. The van der Waals surface area contributed by atoms with Gasteiger partial charge in [0.25, 0.3) is 0 Å². The van der Waals surface area contributed by atoms with Crippen molar-refractivity contribution in [3.05, 3.63) is 23.3 Å². The van der Waals surface area contributed by atoms with Gasteiger partial charge in [-0.15, -0.1) is 0 Å². The van der Waals surface area contributed by atoms with Crippen LogP contribution in [0.4, 0.5) is 0 Å². The van der Waals surface area contributed by atoms with Crippen LogP contribution in [0.3, 0.4) is 0 Å². The van der Waals surface area contributed by atoms with Crippen LogP contribution in [0.15, 0.2) is 23.3 Å². The van der Waals surface area contributed by atoms with Crippen molar-refractivity contribution in [1.82, 2.24) is 0 Å². The van der Waals surface area contributed by atoms with E-state index in [1.165, 1.54) is 13.2 Å². The number of carbonyl (C=O) groups excluding carboxylic acids is 3. The first-order valence-corrected chi connectivity index (χ1v) is 12.5. The van der Waals surface area contributed by atoms with Crippen LogP contribution in [-0.2, 0) is 33.3 Å². The van der Waals surface area contributed by atoms with Gasteiger partial charge < -0.3 is 24.1 Å². The molecule has 35 heavy (non-hydrogen) atoms. The number of fused-ring (bicyclic) bond motifs is 2. The molecule has 2 aliphatic heterocycles. The third-order valence-electron chi connectivity index (χ3n) is 10.2. The van der Waals surface area contributed by atoms with Gasteiger partial charge in [-0.3, -0.25) is 4.79 Å². The van der Waals surface area contributed by atoms with Gasteiger partial charge in [0, 0.05) is 55.1 Å². The molecule has 192 valence electrons. The van der Waals surface area contributed by atoms with Gasteiger partial charge in [-0.1, -0.05) is 20.8 Å². The summed E-state index contributed by atoms with van der Waals surface area (Å²) in [6, 6.07) is 0. The van der Waals surface area contributed by atoms with Crippen LogP contribution in [0.1, 0.15) is 47.0 Å². The first-order chi connectivity index (χ1) is 16.5. The third-order valence-corrected chi connectivity index (χ3v) is 10.2. The largest absolute Gasteiger partial charge is 0.458 e. The Balaban J connectivity index is 1.72. The molecule has 10 atom stereocenters. The second kappa shape index (κ2) is 7.98. The summed E-state index contributed by atoms with van der Waals surface area (Å²) in [6.45, 7) is 7.88. The van der Waals surface area contributed by atoms with Crippen LogP contribution >= 0.6 is 0 Å². The van der Waals surface area contributed by atoms with E-state index < -0.39 is 46.5 Å². The molecule has 0 aromatic heterocycles. The highest BCUT2D eigenvalue weighted by molar-refractivity contribution is 5.92. The summed E-state index contributed by atoms with van der Waals surface area (Å²) in [6.07, 6.45) is 2.43. The number of aliphatic hydroxyl groups is 1. The first-order valence-electron chi connectivity index (χ1n) is 12.5. The predicted octanol–water partition coefficient (Wildman–Crippen LogP) is 2.38. The van der Waals surface area contributed by atoms with Crippen LogP contribution in [0.2, 0.25) is 0 Å². The highest BCUT2D eigenvalue weighted by Gasteiger charge is 2.73. The number of carbonyl (C=O) groups is 3. The van der Waals surface area contributed by atoms with Gasteiger partial charge in [0.15, 0.2) is 5.78 Å². The van der Waals surface area contributed by atoms with Crippen molar-refractivity contribution in [2.75, 3.05) is 20.8 Å². The van der Waals surface area contributed by atoms with E-state index >= 15 is 0 Å². The lowest BCUT2D eigenvalue weighted by molar-refractivity contribution is -0.235. The number of aliphatic hydroxyl groups excluding tert-OH is 1. The Morgan fingerprint density at radius 3 is 2.26 bits per heavy atom. The summed E-state index contributed by atoms with van der Waals surface area (Å²) in [5, 5.41) is 10.3. The van der Waals surface area contributed by atoms with E-state index in [-0.39, 0.29) is 36.2 Å². The number of cyclic esters (lactones) is 1. The summed E-state index contributed by atoms with van der Waals surface area (Å²) in [4.78, 5) is 39.2. The number of hydrogen-bond donors (Lipinski definition) is 1. The van der Waals surface area contributed by atoms with Crippen LogP contribution in [0.25, 0.3) is 0 Å². The lowest BCUT2D eigenvalue weighted by Gasteiger charge is -2.68. The topological polar surface area (TPSA) is 108 Å². The van der Waals surface area contributed by atoms with Crippen LogP contribution in [-0.4, -0.2) is 68.1 Å². The molecule has 0 unspecified atom stereocenters. The summed E-state index contributed by atoms with van der Waals surface area (Å²) < 4.78 is 23.5. The number of hydrogen-bond acceptors (Lipinski definition) is 8. The van der Waals surface area contributed by atoms with E-state index in [9.17, 15) is 19.5 Å². The van der Waals surface area contributed by atoms with Crippen molar-refractivity contribution in [2.24, 2.45) is 34.0 Å². The molecular formula is C27H36O8. The standard InChI is InChI=1S/C27H36O8/c1-13-7-20(29)35-24(13)25(2)11-17(33-6)22-26(3)15(14(12-28)8-16(32-5)23(26)31)9-19-27(22,4)18(25)10-21(30)34-19/h7,10,14-17,19,22,24,28H,8-9,11-12H2,1-6H3/t14-,15+,16+,17-,19-,22-,24-,25-,26+,27-/m1/s1. The van der Waals surface area contributed by atoms with Crippen molar-refractivity contribution in [3.63, 3.8) is 0 Å². The highest BCUT2D eigenvalue weighted by Crippen LogP contribution is 2.70. The number of esters is 2. The van der Waals surface area contributed by atoms with Crippen molar-refractivity contribution >= 4 is 17.7 Å². The molecule has 0 aromatic carbocycles. The SMILES string of the molecule is CO[C@H]1C[C@H](CO)[C@@H]2C[C@H]3OC(=O)C=C4[C@@]3(C)[C@H]([C@H](OC)C[C@@]4(C)[C@@H]3OC(=O)C=C3C)[C@@]2(C)C1=O. The first kappa shape index (κ1) is 24.7. The number of ketones is 1. The molecule has 2 heterocycles. The Kier molecular flexibility index (Phi) is 5.62. The van der Waals surface area contributed by atoms with Gasteiger partial charge in [0.05, 0.1) is 6.10 Å². The average Bonchev–Trinajstić information content (AvgIpc) is 3.16. The number of rotatable bonds is 4. The molecule has 1 N–H and O–H groups in total. The average molecular weight is 489 g/mol. The van der Waals surface area contributed by atoms with Crippen molar-refractivity contribution in [3.8, 4) is 0 Å². The minimum absolute atomic E-state index is 0.0182. The molecule has 0 saturated heterocycles. The highest BCUT2D eigenvalue weighted by atomic mass is 16.6. The lowest BCUT2D eigenvalue weighted by atomic mass is 9.37. The zero-order valence-electron chi connectivity index (χ0n) is 21.3. The minimum atomic E-state index is -0.861. The molecular weight excluding hydrogens is 452 g/mol. The van der Waals surface area contributed by atoms with E-state index in [1.807, 2.05) is 20.8 Å². The van der Waals surface area contributed by atoms with Gasteiger partial charge in [0.2, 0.25) is 0 Å². The zero-order chi connectivity index (χ0) is 25.5. The zero-order valence-corrected chi connectivity index (χ0v) is 21.3. The Morgan fingerprint density at radius 2 is 1.69 bits per heavy atom. The van der Waals surface area contributed by atoms with E-state index in [0.29, 0.717) is 19.3 Å². The minimum Gasteiger partial charge on any atom is -0.458 e. The maximum Gasteiger partial charge on any atom is 0.331 e. The molecule has 0 bridgehead atoms. The molecule has 5 aliphatic rings. The molecule has 3 aliphatic carbocycles. The Labute approximate surface area is 206 Å². The number of Topliss-reactive ketones (excluding diaryl/α,β-unsaturated/α-hetero) is 1. The van der Waals surface area contributed by atoms with Crippen molar-refractivity contribution < 1.29 is 38.4 Å². The summed E-state index contributed by atoms with van der Waals surface area (Å²) in [5.74, 6) is -1.46. The molecule has 0 amide bonds. The maximum absolute atomic E-state index is 14.1. The second-order valence-electron chi connectivity index (χ2n) is 11.7. The van der Waals surface area contributed by atoms with Crippen molar-refractivity contribution in [1.29, 1.82) is 0 Å². The molecule has 3 saturated carbocycles. The normalized spacial score (nSPS) is 48.9. The molecule has 0 radical (unpaired) electrons. The Bertz CT molecular complexity index is 1030. The van der Waals surface area contributed by atoms with Gasteiger partial charge in [-0.05, 0) is 49.2 Å². The summed E-state index contributed by atoms with van der Waals surface area (Å²) >= 11 is 0. The number of ether oxygens (including phenoxy) is 4. The Morgan fingerprint density at radius 1 is 1.00 bits per heavy atom. The fourth-order valence-corrected chi connectivity index (χ4v) is 8.85. The van der Waals surface area contributed by atoms with Gasteiger partial charge in [0.1, 0.15) is 18.3 Å². The van der Waals surface area contributed by atoms with Crippen molar-refractivity contribution in [2.45, 2.75) is 71.4 Å². The molecule has 8 heteroatoms. The van der Waals surface area contributed by atoms with E-state index in [2.05, 4.69) is 6.92 Å². The smallest absolute Gasteiger partial charge is 0.331 e. The van der Waals surface area contributed by atoms with Crippen LogP contribution in [0.5, 0.6) is 0 Å². The Hall–Kier alpha value is -2.03. The van der Waals surface area contributed by atoms with E-state index in [4.69, 9.17) is 18.9 Å². The number of methoxy groups -OCH3 is 2. The fraction of sp³-hybridized carbons (Fsp3) is 0.741. The quantitative estimate of drug-likeness (QED) is 0.601. The van der Waals surface area contributed by atoms with Gasteiger partial charge >= 0.3 is 11.9 Å².